The van der Waals surface area contributed by atoms with Gasteiger partial charge in [0.05, 0.1) is 32.9 Å². The molecule has 196 valence electrons. The molecule has 1 aliphatic carbocycles. The second-order valence-electron chi connectivity index (χ2n) is 11.4. The molecule has 0 radical (unpaired) electrons. The summed E-state index contributed by atoms with van der Waals surface area (Å²) < 4.78 is 14.0. The van der Waals surface area contributed by atoms with Crippen LogP contribution in [0.1, 0.15) is 50.4 Å². The summed E-state index contributed by atoms with van der Waals surface area (Å²) >= 11 is 6.75. The molecule has 1 saturated carbocycles. The van der Waals surface area contributed by atoms with E-state index in [-0.39, 0.29) is 5.41 Å². The maximum Gasteiger partial charge on any atom is 0.213 e. The lowest BCUT2D eigenvalue weighted by Gasteiger charge is -2.34. The van der Waals surface area contributed by atoms with E-state index in [1.165, 1.54) is 6.07 Å². The van der Waals surface area contributed by atoms with Crippen molar-refractivity contribution in [3.8, 4) is 6.07 Å². The van der Waals surface area contributed by atoms with E-state index < -0.39 is 11.4 Å². The van der Waals surface area contributed by atoms with Gasteiger partial charge < -0.3 is 16.1 Å². The van der Waals surface area contributed by atoms with Crippen LogP contribution in [0.25, 0.3) is 10.9 Å². The number of benzene rings is 1. The molecule has 4 N–H and O–H groups in total. The van der Waals surface area contributed by atoms with E-state index in [2.05, 4.69) is 63.4 Å². The molecule has 5 rings (SSSR count). The third-order valence-corrected chi connectivity index (χ3v) is 7.18. The number of hydrogen-bond acceptors (Lipinski definition) is 8. The lowest BCUT2D eigenvalue weighted by atomic mass is 9.69. The fraction of sp³-hybridized carbons (Fsp3) is 0.370. The Hall–Kier alpha value is -3.55. The first kappa shape index (κ1) is 26.1. The van der Waals surface area contributed by atoms with Crippen LogP contribution in [0.2, 0.25) is 5.02 Å². The smallest absolute Gasteiger partial charge is 0.213 e. The number of hydrogen-bond donors (Lipinski definition) is 4. The highest BCUT2D eigenvalue weighted by Crippen LogP contribution is 2.39. The van der Waals surface area contributed by atoms with Gasteiger partial charge in [0.1, 0.15) is 13.9 Å². The normalized spacial score (nSPS) is 17.0. The lowest BCUT2D eigenvalue weighted by molar-refractivity contribution is 0.260. The summed E-state index contributed by atoms with van der Waals surface area (Å²) in [5, 5.41) is 20.2. The van der Waals surface area contributed by atoms with E-state index in [4.69, 9.17) is 11.6 Å². The maximum atomic E-state index is 14.0. The lowest BCUT2D eigenvalue weighted by Crippen LogP contribution is -2.46. The van der Waals surface area contributed by atoms with E-state index in [1.54, 1.807) is 19.2 Å². The molecule has 0 unspecified atom stereocenters. The summed E-state index contributed by atoms with van der Waals surface area (Å²) in [4.78, 5) is 8.57. The summed E-state index contributed by atoms with van der Waals surface area (Å²) in [7, 11) is 2.02. The minimum Gasteiger partial charge on any atom is -0.383 e. The zero-order valence-corrected chi connectivity index (χ0v) is 23.0. The zero-order valence-electron chi connectivity index (χ0n) is 22.2. The molecule has 3 heterocycles. The fourth-order valence-corrected chi connectivity index (χ4v) is 4.99. The zero-order chi connectivity index (χ0) is 27.2. The Labute approximate surface area is 228 Å². The number of pyridine rings is 2. The van der Waals surface area contributed by atoms with Crippen LogP contribution in [0.5, 0.6) is 0 Å². The monoisotopic (exact) mass is 532 g/mol. The number of nitrogens with one attached hydrogen (secondary N) is 4. The molecule has 0 saturated heterocycles. The topological polar surface area (TPSA) is 101 Å². The predicted molar refractivity (Wildman–Crippen MR) is 151 cm³/mol. The van der Waals surface area contributed by atoms with E-state index in [0.29, 0.717) is 40.1 Å². The van der Waals surface area contributed by atoms with Crippen LogP contribution in [-0.4, -0.2) is 35.4 Å². The van der Waals surface area contributed by atoms with Crippen molar-refractivity contribution < 1.29 is 4.39 Å². The molecular formula is C27H31BClFN8. The molecule has 2 aromatic heterocycles. The van der Waals surface area contributed by atoms with Gasteiger partial charge >= 0.3 is 0 Å². The second-order valence-corrected chi connectivity index (χ2v) is 11.8. The highest BCUT2D eigenvalue weighted by atomic mass is 35.5. The Kier molecular flexibility index (Phi) is 6.62. The Morgan fingerprint density at radius 1 is 1.29 bits per heavy atom. The van der Waals surface area contributed by atoms with Crippen LogP contribution >= 0.6 is 11.6 Å². The molecule has 1 aromatic carbocycles. The Balaban J connectivity index is 1.62. The fourth-order valence-electron chi connectivity index (χ4n) is 4.72. The van der Waals surface area contributed by atoms with Gasteiger partial charge in [0.2, 0.25) is 5.95 Å². The molecule has 3 aromatic rings. The van der Waals surface area contributed by atoms with Crippen molar-refractivity contribution in [3.63, 3.8) is 0 Å². The van der Waals surface area contributed by atoms with Gasteiger partial charge in [-0.05, 0) is 48.9 Å². The molecule has 1 fully saturated rings. The molecule has 0 bridgehead atoms. The van der Waals surface area contributed by atoms with Gasteiger partial charge in [-0.15, -0.1) is 5.53 Å². The molecule has 38 heavy (non-hydrogen) atoms. The quantitative estimate of drug-likeness (QED) is 0.264. The number of fused-ring (bicyclic) bond motifs is 1. The first-order valence-corrected chi connectivity index (χ1v) is 13.1. The molecule has 2 aliphatic rings. The molecule has 0 amide bonds. The number of anilines is 2. The number of hydrazine groups is 2. The average Bonchev–Trinajstić information content (AvgIpc) is 3.57. The van der Waals surface area contributed by atoms with Crippen molar-refractivity contribution in [2.45, 2.75) is 52.0 Å². The van der Waals surface area contributed by atoms with Crippen LogP contribution in [0, 0.1) is 29.6 Å². The second kappa shape index (κ2) is 9.64. The third-order valence-electron chi connectivity index (χ3n) is 6.89. The molecule has 11 heteroatoms. The number of nitrogens with zero attached hydrogens (tertiary/aromatic N) is 4. The van der Waals surface area contributed by atoms with Crippen molar-refractivity contribution >= 4 is 41.7 Å². The van der Waals surface area contributed by atoms with Gasteiger partial charge in [-0.1, -0.05) is 38.4 Å². The predicted octanol–water partition coefficient (Wildman–Crippen LogP) is 4.29. The van der Waals surface area contributed by atoms with E-state index in [1.807, 2.05) is 26.2 Å². The third kappa shape index (κ3) is 5.09. The average molecular weight is 533 g/mol. The van der Waals surface area contributed by atoms with Crippen LogP contribution in [-0.2, 0) is 5.44 Å². The van der Waals surface area contributed by atoms with Crippen molar-refractivity contribution in [3.05, 3.63) is 70.2 Å². The summed E-state index contributed by atoms with van der Waals surface area (Å²) in [6.45, 7) is 8.84. The van der Waals surface area contributed by atoms with Gasteiger partial charge in [-0.2, -0.15) is 9.65 Å². The maximum absolute atomic E-state index is 14.0. The first-order chi connectivity index (χ1) is 18.0. The highest BCUT2D eigenvalue weighted by molar-refractivity contribution is 6.36. The SMILES string of the molecule is B[C@@](Nc1cc(Cl)c2ncc(C#N)c(NCC(C)(C)C)c2c1)(C1=CN(C2CC2)NN1)c1ccc(F)nc1C. The Bertz CT molecular complexity index is 1480. The van der Waals surface area contributed by atoms with Crippen molar-refractivity contribution in [2.24, 2.45) is 5.41 Å². The number of aryl methyl sites for hydroxylation is 1. The van der Waals surface area contributed by atoms with E-state index in [0.717, 1.165) is 35.2 Å². The van der Waals surface area contributed by atoms with Crippen molar-refractivity contribution in [1.29, 1.82) is 5.26 Å². The summed E-state index contributed by atoms with van der Waals surface area (Å²) in [5.74, 6) is -0.530. The van der Waals surface area contributed by atoms with E-state index >= 15 is 0 Å². The molecule has 0 spiro atoms. The largest absolute Gasteiger partial charge is 0.383 e. The Morgan fingerprint density at radius 2 is 2.05 bits per heavy atom. The van der Waals surface area contributed by atoms with Crippen LogP contribution < -0.4 is 21.6 Å². The number of rotatable bonds is 7. The number of aromatic nitrogens is 2. The molecule has 1 atom stereocenters. The van der Waals surface area contributed by atoms with Crippen LogP contribution in [0.3, 0.4) is 0 Å². The summed E-state index contributed by atoms with van der Waals surface area (Å²) in [6, 6.07) is 9.59. The standard InChI is InChI=1S/C27H31BClFN8/c1-15-20(7-8-23(30)34-15)27(28,22-13-38(37-36-22)18-5-6-18)35-17-9-19-24(33-14-26(2,3)4)16(11-31)12-32-25(19)21(29)10-17/h7-10,12-13,18,35-37H,5-6,14,28H2,1-4H3,(H,32,33)/t27-/m0/s1. The minimum atomic E-state index is -0.822. The number of nitriles is 1. The van der Waals surface area contributed by atoms with Crippen molar-refractivity contribution in [2.75, 3.05) is 17.2 Å². The minimum absolute atomic E-state index is 0.00525. The van der Waals surface area contributed by atoms with Gasteiger partial charge in [0, 0.05) is 41.8 Å². The first-order valence-electron chi connectivity index (χ1n) is 12.7. The van der Waals surface area contributed by atoms with Gasteiger partial charge in [-0.25, -0.2) is 4.98 Å². The summed E-state index contributed by atoms with van der Waals surface area (Å²) in [6.07, 6.45) is 5.84. The Morgan fingerprint density at radius 3 is 2.71 bits per heavy atom. The molecular weight excluding hydrogens is 502 g/mol. The van der Waals surface area contributed by atoms with Gasteiger partial charge in [0.15, 0.2) is 0 Å². The van der Waals surface area contributed by atoms with Gasteiger partial charge in [0.25, 0.3) is 0 Å². The highest BCUT2D eigenvalue weighted by Gasteiger charge is 2.39. The molecule has 1 aliphatic heterocycles. The van der Waals surface area contributed by atoms with Crippen molar-refractivity contribution in [1.82, 2.24) is 25.9 Å². The molecule has 8 nitrogen and oxygen atoms in total. The van der Waals surface area contributed by atoms with Crippen LogP contribution in [0.4, 0.5) is 15.8 Å². The summed E-state index contributed by atoms with van der Waals surface area (Å²) in [5.41, 5.74) is 10.4. The van der Waals surface area contributed by atoms with Gasteiger partial charge in [-0.3, -0.25) is 9.99 Å². The number of halogens is 2. The van der Waals surface area contributed by atoms with E-state index in [9.17, 15) is 9.65 Å². The van der Waals surface area contributed by atoms with Crippen LogP contribution in [0.15, 0.2) is 42.4 Å².